The first kappa shape index (κ1) is 14.9. The highest BCUT2D eigenvalue weighted by Gasteiger charge is 2.43. The Kier molecular flexibility index (Phi) is 2.74. The van der Waals surface area contributed by atoms with Gasteiger partial charge in [-0.3, -0.25) is 4.98 Å². The molecule has 1 aromatic heterocycles. The van der Waals surface area contributed by atoms with Gasteiger partial charge in [-0.25, -0.2) is 0 Å². The van der Waals surface area contributed by atoms with Crippen LogP contribution in [0.15, 0.2) is 54.7 Å². The van der Waals surface area contributed by atoms with Crippen molar-refractivity contribution in [2.45, 2.75) is 44.9 Å². The van der Waals surface area contributed by atoms with E-state index < -0.39 is 0 Å². The Hall–Kier alpha value is -2.41. The molecule has 0 fully saturated rings. The number of fused-ring (bicyclic) bond motifs is 5. The van der Waals surface area contributed by atoms with E-state index in [4.69, 9.17) is 4.98 Å². The topological polar surface area (TPSA) is 12.9 Å². The average Bonchev–Trinajstić information content (AvgIpc) is 2.75. The first-order valence-corrected chi connectivity index (χ1v) is 9.11. The van der Waals surface area contributed by atoms with Crippen LogP contribution in [-0.2, 0) is 10.8 Å². The molecule has 1 aliphatic carbocycles. The summed E-state index contributed by atoms with van der Waals surface area (Å²) >= 11 is 0. The number of hydrogen-bond donors (Lipinski definition) is 0. The zero-order valence-electron chi connectivity index (χ0n) is 15.4. The van der Waals surface area contributed by atoms with Crippen LogP contribution in [0, 0.1) is 0 Å². The van der Waals surface area contributed by atoms with Crippen molar-refractivity contribution in [3.8, 4) is 0 Å². The molecule has 25 heavy (non-hydrogen) atoms. The van der Waals surface area contributed by atoms with Gasteiger partial charge in [-0.1, -0.05) is 52.0 Å². The van der Waals surface area contributed by atoms with Gasteiger partial charge in [0.05, 0.1) is 5.52 Å². The average molecular weight is 325 g/mol. The third kappa shape index (κ3) is 2.05. The molecular weight excluding hydrogens is 302 g/mol. The highest BCUT2D eigenvalue weighted by atomic mass is 14.7. The molecule has 3 aromatic carbocycles. The van der Waals surface area contributed by atoms with Gasteiger partial charge in [0, 0.05) is 11.6 Å². The number of rotatable bonds is 0. The number of aromatic nitrogens is 1. The van der Waals surface area contributed by atoms with Crippen LogP contribution in [0.3, 0.4) is 0 Å². The zero-order chi connectivity index (χ0) is 17.4. The molecule has 0 atom stereocenters. The van der Waals surface area contributed by atoms with E-state index in [1.165, 1.54) is 44.5 Å². The second-order valence-corrected chi connectivity index (χ2v) is 8.91. The van der Waals surface area contributed by atoms with Crippen molar-refractivity contribution in [2.75, 3.05) is 0 Å². The Morgan fingerprint density at radius 3 is 2.08 bits per heavy atom. The summed E-state index contributed by atoms with van der Waals surface area (Å²) in [6.07, 6.45) is 3.30. The lowest BCUT2D eigenvalue weighted by Crippen LogP contribution is -2.18. The molecule has 1 heteroatoms. The number of pyridine rings is 1. The molecule has 0 bridgehead atoms. The van der Waals surface area contributed by atoms with Crippen LogP contribution in [0.5, 0.6) is 0 Å². The van der Waals surface area contributed by atoms with Crippen molar-refractivity contribution in [2.24, 2.45) is 0 Å². The van der Waals surface area contributed by atoms with Crippen LogP contribution >= 0.6 is 0 Å². The second-order valence-electron chi connectivity index (χ2n) is 8.91. The molecule has 0 radical (unpaired) electrons. The van der Waals surface area contributed by atoms with E-state index in [0.29, 0.717) is 0 Å². The predicted octanol–water partition coefficient (Wildman–Crippen LogP) is 6.50. The van der Waals surface area contributed by atoms with Gasteiger partial charge >= 0.3 is 0 Å². The molecule has 5 rings (SSSR count). The van der Waals surface area contributed by atoms with Crippen molar-refractivity contribution in [3.05, 3.63) is 65.9 Å². The van der Waals surface area contributed by atoms with E-state index in [-0.39, 0.29) is 10.8 Å². The maximum atomic E-state index is 4.84. The summed E-state index contributed by atoms with van der Waals surface area (Å²) in [6.45, 7) is 9.46. The van der Waals surface area contributed by atoms with Crippen LogP contribution in [-0.4, -0.2) is 4.98 Å². The fourth-order valence-corrected chi connectivity index (χ4v) is 5.16. The molecular formula is C24H23N. The van der Waals surface area contributed by atoms with Crippen molar-refractivity contribution >= 4 is 32.4 Å². The molecule has 0 amide bonds. The molecule has 4 aromatic rings. The van der Waals surface area contributed by atoms with E-state index in [2.05, 4.69) is 82.4 Å². The minimum Gasteiger partial charge on any atom is -0.256 e. The van der Waals surface area contributed by atoms with Gasteiger partial charge in [-0.15, -0.1) is 0 Å². The Morgan fingerprint density at radius 2 is 1.40 bits per heavy atom. The normalized spacial score (nSPS) is 18.1. The van der Waals surface area contributed by atoms with Crippen LogP contribution in [0.2, 0.25) is 0 Å². The van der Waals surface area contributed by atoms with Crippen molar-refractivity contribution in [3.63, 3.8) is 0 Å². The highest BCUT2D eigenvalue weighted by molar-refractivity contribution is 6.05. The lowest BCUT2D eigenvalue weighted by molar-refractivity contribution is 0.404. The maximum absolute atomic E-state index is 4.84. The Balaban J connectivity index is 1.91. The molecule has 0 saturated heterocycles. The van der Waals surface area contributed by atoms with E-state index >= 15 is 0 Å². The summed E-state index contributed by atoms with van der Waals surface area (Å²) < 4.78 is 0. The van der Waals surface area contributed by atoms with Crippen molar-refractivity contribution in [1.29, 1.82) is 0 Å². The van der Waals surface area contributed by atoms with Crippen LogP contribution in [0.25, 0.3) is 32.4 Å². The van der Waals surface area contributed by atoms with Crippen LogP contribution in [0.4, 0.5) is 0 Å². The summed E-state index contributed by atoms with van der Waals surface area (Å²) in [5.74, 6) is 0. The van der Waals surface area contributed by atoms with Gasteiger partial charge in [-0.2, -0.15) is 0 Å². The van der Waals surface area contributed by atoms with Gasteiger partial charge in [-0.05, 0) is 74.2 Å². The Bertz CT molecular complexity index is 1160. The minimum absolute atomic E-state index is 0.185. The number of benzene rings is 3. The largest absolute Gasteiger partial charge is 0.256 e. The lowest BCUT2D eigenvalue weighted by Gasteiger charge is -2.23. The summed E-state index contributed by atoms with van der Waals surface area (Å²) in [4.78, 5) is 4.84. The van der Waals surface area contributed by atoms with Crippen molar-refractivity contribution < 1.29 is 0 Å². The van der Waals surface area contributed by atoms with Crippen LogP contribution in [0.1, 0.15) is 45.2 Å². The fraction of sp³-hybridized carbons (Fsp3) is 0.292. The standard InChI is InChI=1S/C24H23N/c1-23(2)14-24(3,4)22-19-11-17-9-15-7-5-6-8-16(15)10-18(17)12-21(19)25-13-20(22)23/h5-13H,14H2,1-4H3. The molecule has 0 aliphatic heterocycles. The summed E-state index contributed by atoms with van der Waals surface area (Å²) in [5, 5.41) is 6.50. The summed E-state index contributed by atoms with van der Waals surface area (Å²) in [6, 6.07) is 17.8. The first-order chi connectivity index (χ1) is 11.9. The summed E-state index contributed by atoms with van der Waals surface area (Å²) in [7, 11) is 0. The Labute approximate surface area is 148 Å². The SMILES string of the molecule is CC1(C)CC(C)(C)c2c1cnc1cc3cc4ccccc4cc3cc21. The van der Waals surface area contributed by atoms with Gasteiger partial charge in [0.25, 0.3) is 0 Å². The number of nitrogens with zero attached hydrogens (tertiary/aromatic N) is 1. The van der Waals surface area contributed by atoms with Gasteiger partial charge in [0.2, 0.25) is 0 Å². The quantitative estimate of drug-likeness (QED) is 0.336. The predicted molar refractivity (Wildman–Crippen MR) is 107 cm³/mol. The van der Waals surface area contributed by atoms with E-state index in [1.54, 1.807) is 0 Å². The van der Waals surface area contributed by atoms with Gasteiger partial charge in [0.1, 0.15) is 0 Å². The first-order valence-electron chi connectivity index (χ1n) is 9.11. The minimum atomic E-state index is 0.185. The molecule has 0 N–H and O–H groups in total. The zero-order valence-corrected chi connectivity index (χ0v) is 15.4. The maximum Gasteiger partial charge on any atom is 0.0711 e. The molecule has 124 valence electrons. The fourth-order valence-electron chi connectivity index (χ4n) is 5.16. The molecule has 1 aliphatic rings. The molecule has 0 unspecified atom stereocenters. The second kappa shape index (κ2) is 4.60. The van der Waals surface area contributed by atoms with E-state index in [9.17, 15) is 0 Å². The molecule has 1 heterocycles. The van der Waals surface area contributed by atoms with Gasteiger partial charge < -0.3 is 0 Å². The van der Waals surface area contributed by atoms with E-state index in [1.807, 2.05) is 0 Å². The van der Waals surface area contributed by atoms with Gasteiger partial charge in [0.15, 0.2) is 0 Å². The number of hydrogen-bond acceptors (Lipinski definition) is 1. The van der Waals surface area contributed by atoms with Crippen molar-refractivity contribution in [1.82, 2.24) is 4.98 Å². The lowest BCUT2D eigenvalue weighted by atomic mass is 9.81. The third-order valence-electron chi connectivity index (χ3n) is 5.98. The van der Waals surface area contributed by atoms with Crippen LogP contribution < -0.4 is 0 Å². The summed E-state index contributed by atoms with van der Waals surface area (Å²) in [5.41, 5.74) is 4.41. The smallest absolute Gasteiger partial charge is 0.0711 e. The monoisotopic (exact) mass is 325 g/mol. The Morgan fingerprint density at radius 1 is 0.760 bits per heavy atom. The third-order valence-corrected chi connectivity index (χ3v) is 5.98. The molecule has 0 saturated carbocycles. The van der Waals surface area contributed by atoms with E-state index in [0.717, 1.165) is 5.52 Å². The molecule has 0 spiro atoms. The molecule has 1 nitrogen and oxygen atoms in total. The highest BCUT2D eigenvalue weighted by Crippen LogP contribution is 2.51.